The van der Waals surface area contributed by atoms with E-state index in [2.05, 4.69) is 20.4 Å². The van der Waals surface area contributed by atoms with Crippen molar-refractivity contribution in [3.05, 3.63) is 71.3 Å². The second-order valence-electron chi connectivity index (χ2n) is 5.95. The molecule has 0 fully saturated rings. The molecule has 6 nitrogen and oxygen atoms in total. The van der Waals surface area contributed by atoms with Crippen LogP contribution in [0, 0.1) is 12.7 Å². The third kappa shape index (κ3) is 4.03. The van der Waals surface area contributed by atoms with Crippen molar-refractivity contribution in [1.29, 1.82) is 0 Å². The molecule has 0 aliphatic rings. The molecule has 7 heteroatoms. The largest absolute Gasteiger partial charge is 0.399 e. The van der Waals surface area contributed by atoms with Crippen LogP contribution in [0.15, 0.2) is 53.8 Å². The number of benzene rings is 2. The fourth-order valence-corrected chi connectivity index (χ4v) is 2.76. The number of aryl methyl sites for hydroxylation is 2. The number of para-hydroxylation sites is 1. The molecule has 0 saturated carbocycles. The first kappa shape index (κ1) is 18.3. The Labute approximate surface area is 156 Å². The summed E-state index contributed by atoms with van der Waals surface area (Å²) in [5, 5.41) is 10.6. The molecule has 1 aromatic heterocycles. The number of rotatable bonds is 5. The van der Waals surface area contributed by atoms with Crippen molar-refractivity contribution in [3.63, 3.8) is 0 Å². The van der Waals surface area contributed by atoms with Crippen LogP contribution in [-0.4, -0.2) is 29.0 Å². The van der Waals surface area contributed by atoms with Gasteiger partial charge in [-0.3, -0.25) is 9.48 Å². The lowest BCUT2D eigenvalue weighted by Gasteiger charge is -2.11. The van der Waals surface area contributed by atoms with Gasteiger partial charge in [0.1, 0.15) is 12.9 Å². The van der Waals surface area contributed by atoms with E-state index in [9.17, 15) is 9.18 Å². The van der Waals surface area contributed by atoms with Crippen LogP contribution < -0.4 is 5.32 Å². The van der Waals surface area contributed by atoms with E-state index in [0.717, 1.165) is 0 Å². The van der Waals surface area contributed by atoms with Gasteiger partial charge in [-0.15, -0.1) is 0 Å². The Balaban J connectivity index is 1.92. The van der Waals surface area contributed by atoms with Gasteiger partial charge in [-0.1, -0.05) is 29.4 Å². The molecule has 0 radical (unpaired) electrons. The highest BCUT2D eigenvalue weighted by Gasteiger charge is 2.15. The van der Waals surface area contributed by atoms with E-state index in [0.29, 0.717) is 33.6 Å². The molecule has 0 spiro atoms. The summed E-state index contributed by atoms with van der Waals surface area (Å²) in [6, 6.07) is 12.0. The van der Waals surface area contributed by atoms with Gasteiger partial charge in [-0.25, -0.2) is 4.39 Å². The number of oxime groups is 1. The molecule has 138 valence electrons. The van der Waals surface area contributed by atoms with Crippen LogP contribution in [-0.2, 0) is 11.9 Å². The summed E-state index contributed by atoms with van der Waals surface area (Å²) in [7, 11) is 3.15. The van der Waals surface area contributed by atoms with E-state index in [4.69, 9.17) is 0 Å². The predicted octanol–water partition coefficient (Wildman–Crippen LogP) is 3.77. The number of amides is 1. The molecule has 1 amide bonds. The van der Waals surface area contributed by atoms with Gasteiger partial charge in [0.2, 0.25) is 0 Å². The number of aromatic nitrogens is 2. The SMILES string of the molecule is CON=Cc1ccc(-c2ccccc2NC(=O)c2cn(C)nc2C)cc1F. The Morgan fingerprint density at radius 1 is 1.30 bits per heavy atom. The van der Waals surface area contributed by atoms with E-state index in [1.54, 1.807) is 43.0 Å². The molecule has 0 aliphatic carbocycles. The lowest BCUT2D eigenvalue weighted by Crippen LogP contribution is -2.13. The fourth-order valence-electron chi connectivity index (χ4n) is 2.76. The van der Waals surface area contributed by atoms with Crippen molar-refractivity contribution < 1.29 is 14.0 Å². The quantitative estimate of drug-likeness (QED) is 0.552. The third-order valence-corrected chi connectivity index (χ3v) is 4.04. The van der Waals surface area contributed by atoms with Gasteiger partial charge in [0.25, 0.3) is 5.91 Å². The Hall–Kier alpha value is -3.48. The number of nitrogens with one attached hydrogen (secondary N) is 1. The van der Waals surface area contributed by atoms with Crippen molar-refractivity contribution in [2.24, 2.45) is 12.2 Å². The number of carbonyl (C=O) groups is 1. The zero-order chi connectivity index (χ0) is 19.4. The van der Waals surface area contributed by atoms with Crippen molar-refractivity contribution >= 4 is 17.8 Å². The number of halogens is 1. The van der Waals surface area contributed by atoms with Crippen LogP contribution in [0.2, 0.25) is 0 Å². The van der Waals surface area contributed by atoms with Crippen LogP contribution in [0.25, 0.3) is 11.1 Å². The molecule has 3 aromatic rings. The van der Waals surface area contributed by atoms with Gasteiger partial charge in [0, 0.05) is 30.1 Å². The monoisotopic (exact) mass is 366 g/mol. The molecule has 0 bridgehead atoms. The second kappa shape index (κ2) is 7.82. The minimum atomic E-state index is -0.433. The fraction of sp³-hybridized carbons (Fsp3) is 0.150. The van der Waals surface area contributed by atoms with Gasteiger partial charge in [-0.05, 0) is 30.7 Å². The van der Waals surface area contributed by atoms with E-state index in [1.807, 2.05) is 18.2 Å². The van der Waals surface area contributed by atoms with E-state index in [1.165, 1.54) is 19.4 Å². The van der Waals surface area contributed by atoms with Crippen molar-refractivity contribution in [3.8, 4) is 11.1 Å². The number of hydrogen-bond donors (Lipinski definition) is 1. The molecule has 0 unspecified atom stereocenters. The summed E-state index contributed by atoms with van der Waals surface area (Å²) in [6.45, 7) is 1.77. The Kier molecular flexibility index (Phi) is 5.30. The molecule has 27 heavy (non-hydrogen) atoms. The average Bonchev–Trinajstić information content (AvgIpc) is 2.99. The maximum atomic E-state index is 14.3. The van der Waals surface area contributed by atoms with Crippen molar-refractivity contribution in [2.45, 2.75) is 6.92 Å². The number of nitrogens with zero attached hydrogens (tertiary/aromatic N) is 3. The minimum Gasteiger partial charge on any atom is -0.399 e. The van der Waals surface area contributed by atoms with Gasteiger partial charge in [0.15, 0.2) is 0 Å². The van der Waals surface area contributed by atoms with E-state index >= 15 is 0 Å². The summed E-state index contributed by atoms with van der Waals surface area (Å²) in [5.74, 6) is -0.699. The van der Waals surface area contributed by atoms with E-state index in [-0.39, 0.29) is 5.91 Å². The highest BCUT2D eigenvalue weighted by atomic mass is 19.1. The van der Waals surface area contributed by atoms with Gasteiger partial charge in [0.05, 0.1) is 17.5 Å². The first-order chi connectivity index (χ1) is 13.0. The summed E-state index contributed by atoms with van der Waals surface area (Å²) < 4.78 is 15.9. The summed E-state index contributed by atoms with van der Waals surface area (Å²) in [4.78, 5) is 17.2. The highest BCUT2D eigenvalue weighted by molar-refractivity contribution is 6.06. The van der Waals surface area contributed by atoms with Crippen LogP contribution >= 0.6 is 0 Å². The zero-order valence-corrected chi connectivity index (χ0v) is 15.2. The Morgan fingerprint density at radius 3 is 2.74 bits per heavy atom. The lowest BCUT2D eigenvalue weighted by molar-refractivity contribution is 0.102. The average molecular weight is 366 g/mol. The van der Waals surface area contributed by atoms with Gasteiger partial charge >= 0.3 is 0 Å². The van der Waals surface area contributed by atoms with Crippen LogP contribution in [0.3, 0.4) is 0 Å². The van der Waals surface area contributed by atoms with E-state index < -0.39 is 5.82 Å². The maximum absolute atomic E-state index is 14.3. The van der Waals surface area contributed by atoms with Crippen LogP contribution in [0.1, 0.15) is 21.6 Å². The van der Waals surface area contributed by atoms with Crippen molar-refractivity contribution in [2.75, 3.05) is 12.4 Å². The number of anilines is 1. The normalized spacial score (nSPS) is 11.0. The summed E-state index contributed by atoms with van der Waals surface area (Å²) >= 11 is 0. The Morgan fingerprint density at radius 2 is 2.07 bits per heavy atom. The summed E-state index contributed by atoms with van der Waals surface area (Å²) in [6.07, 6.45) is 2.97. The highest BCUT2D eigenvalue weighted by Crippen LogP contribution is 2.29. The molecule has 0 atom stereocenters. The van der Waals surface area contributed by atoms with Gasteiger partial charge < -0.3 is 10.2 Å². The minimum absolute atomic E-state index is 0.266. The first-order valence-corrected chi connectivity index (χ1v) is 8.26. The third-order valence-electron chi connectivity index (χ3n) is 4.04. The maximum Gasteiger partial charge on any atom is 0.259 e. The van der Waals surface area contributed by atoms with Crippen molar-refractivity contribution in [1.82, 2.24) is 9.78 Å². The molecule has 0 aliphatic heterocycles. The Bertz CT molecular complexity index is 1010. The smallest absolute Gasteiger partial charge is 0.259 e. The second-order valence-corrected chi connectivity index (χ2v) is 5.95. The number of carbonyl (C=O) groups excluding carboxylic acids is 1. The molecule has 3 rings (SSSR count). The lowest BCUT2D eigenvalue weighted by atomic mass is 10.0. The van der Waals surface area contributed by atoms with Crippen LogP contribution in [0.5, 0.6) is 0 Å². The topological polar surface area (TPSA) is 68.5 Å². The van der Waals surface area contributed by atoms with Gasteiger partial charge in [-0.2, -0.15) is 5.10 Å². The number of hydrogen-bond acceptors (Lipinski definition) is 4. The van der Waals surface area contributed by atoms with Crippen LogP contribution in [0.4, 0.5) is 10.1 Å². The molecule has 1 N–H and O–H groups in total. The molecular formula is C20H19FN4O2. The summed E-state index contributed by atoms with van der Waals surface area (Å²) in [5.41, 5.74) is 3.38. The standard InChI is InChI=1S/C20H19FN4O2/c1-13-17(12-25(2)24-13)20(26)23-19-7-5-4-6-16(19)14-8-9-15(11-22-27-3)18(21)10-14/h4-12H,1-3H3,(H,23,26). The zero-order valence-electron chi connectivity index (χ0n) is 15.2. The molecular weight excluding hydrogens is 347 g/mol. The first-order valence-electron chi connectivity index (χ1n) is 8.26. The predicted molar refractivity (Wildman–Crippen MR) is 102 cm³/mol. The molecule has 0 saturated heterocycles. The molecule has 1 heterocycles. The molecule has 2 aromatic carbocycles.